The highest BCUT2D eigenvalue weighted by atomic mass is 16.6. The van der Waals surface area contributed by atoms with Gasteiger partial charge < -0.3 is 4.84 Å². The average Bonchev–Trinajstić information content (AvgIpc) is 2.02. The maximum atomic E-state index is 5.01. The van der Waals surface area contributed by atoms with Crippen LogP contribution in [0.5, 0.6) is 0 Å². The van der Waals surface area contributed by atoms with Gasteiger partial charge in [0.2, 0.25) is 0 Å². The topological polar surface area (TPSA) is 21.6 Å². The molecule has 0 spiro atoms. The lowest BCUT2D eigenvalue weighted by atomic mass is 10.3. The molecule has 2 heteroatoms. The summed E-state index contributed by atoms with van der Waals surface area (Å²) < 4.78 is 0. The molecule has 0 aliphatic carbocycles. The van der Waals surface area contributed by atoms with Crippen molar-refractivity contribution in [2.75, 3.05) is 0 Å². The Hall–Kier alpha value is -1.05. The van der Waals surface area contributed by atoms with E-state index in [-0.39, 0.29) is 6.10 Å². The van der Waals surface area contributed by atoms with Gasteiger partial charge in [0.25, 0.3) is 0 Å². The predicted molar refractivity (Wildman–Crippen MR) is 41.9 cm³/mol. The van der Waals surface area contributed by atoms with E-state index >= 15 is 0 Å². The Morgan fingerprint density at radius 1 is 1.50 bits per heavy atom. The van der Waals surface area contributed by atoms with Crippen LogP contribution in [-0.2, 0) is 4.84 Å². The number of nitrogens with zero attached hydrogens (tertiary/aromatic N) is 1. The predicted octanol–water partition coefficient (Wildman–Crippen LogP) is 1.89. The lowest BCUT2D eigenvalue weighted by Crippen LogP contribution is -1.97. The van der Waals surface area contributed by atoms with Crippen molar-refractivity contribution in [3.63, 3.8) is 0 Å². The first-order chi connectivity index (χ1) is 4.89. The van der Waals surface area contributed by atoms with Crippen LogP contribution < -0.4 is 0 Å². The Morgan fingerprint density at radius 2 is 2.40 bits per heavy atom. The highest BCUT2D eigenvalue weighted by Crippen LogP contribution is 1.96. The van der Waals surface area contributed by atoms with Crippen LogP contribution in [0.4, 0.5) is 0 Å². The van der Waals surface area contributed by atoms with Gasteiger partial charge in [0, 0.05) is 12.6 Å². The van der Waals surface area contributed by atoms with Crippen molar-refractivity contribution in [2.24, 2.45) is 5.16 Å². The fraction of sp³-hybridized carbons (Fsp3) is 0.375. The Labute approximate surface area is 60.9 Å². The second-order valence-electron chi connectivity index (χ2n) is 2.15. The summed E-state index contributed by atoms with van der Waals surface area (Å²) in [6.45, 7) is 1.95. The van der Waals surface area contributed by atoms with Gasteiger partial charge in [-0.05, 0) is 13.0 Å². The monoisotopic (exact) mass is 137 g/mol. The Morgan fingerprint density at radius 3 is 3.30 bits per heavy atom. The largest absolute Gasteiger partial charge is 0.389 e. The van der Waals surface area contributed by atoms with E-state index in [0.717, 1.165) is 6.42 Å². The molecule has 1 unspecified atom stereocenters. The number of hydrogen-bond donors (Lipinski definition) is 0. The van der Waals surface area contributed by atoms with Crippen LogP contribution in [0.2, 0.25) is 0 Å². The van der Waals surface area contributed by atoms with Crippen molar-refractivity contribution in [3.8, 4) is 0 Å². The molecule has 0 aromatic heterocycles. The molecule has 0 N–H and O–H groups in total. The molecule has 0 bridgehead atoms. The molecule has 1 heterocycles. The van der Waals surface area contributed by atoms with Crippen LogP contribution in [0.3, 0.4) is 0 Å². The fourth-order valence-electron chi connectivity index (χ4n) is 0.656. The standard InChI is InChI=1S/C8H11NO/c1-8-6-4-2-3-5-7-9-10-8/h2-4,6-8H,5H2,1H3. The molecule has 0 radical (unpaired) electrons. The van der Waals surface area contributed by atoms with Crippen LogP contribution in [-0.4, -0.2) is 12.3 Å². The summed E-state index contributed by atoms with van der Waals surface area (Å²) in [5.74, 6) is 0. The third-order valence-electron chi connectivity index (χ3n) is 1.17. The van der Waals surface area contributed by atoms with Crippen molar-refractivity contribution < 1.29 is 4.84 Å². The first-order valence-corrected chi connectivity index (χ1v) is 3.40. The molecule has 1 rings (SSSR count). The minimum atomic E-state index is 0.0824. The molecule has 2 nitrogen and oxygen atoms in total. The van der Waals surface area contributed by atoms with Gasteiger partial charge in [0.15, 0.2) is 0 Å². The summed E-state index contributed by atoms with van der Waals surface area (Å²) in [6, 6.07) is 0. The van der Waals surface area contributed by atoms with E-state index < -0.39 is 0 Å². The number of rotatable bonds is 0. The minimum Gasteiger partial charge on any atom is -0.389 e. The summed E-state index contributed by atoms with van der Waals surface area (Å²) in [5, 5.41) is 3.74. The summed E-state index contributed by atoms with van der Waals surface area (Å²) in [5.41, 5.74) is 0. The van der Waals surface area contributed by atoms with Crippen LogP contribution in [0, 0.1) is 0 Å². The Kier molecular flexibility index (Phi) is 2.74. The summed E-state index contributed by atoms with van der Waals surface area (Å²) in [4.78, 5) is 5.01. The van der Waals surface area contributed by atoms with E-state index in [0.29, 0.717) is 0 Å². The van der Waals surface area contributed by atoms with Gasteiger partial charge in [0.05, 0.1) is 0 Å². The zero-order valence-corrected chi connectivity index (χ0v) is 6.03. The SMILES string of the molecule is CC1C=CC=CCC=NO1. The molecule has 1 atom stereocenters. The molecule has 0 aromatic rings. The van der Waals surface area contributed by atoms with Crippen LogP contribution >= 0.6 is 0 Å². The Balaban J connectivity index is 2.54. The highest BCUT2D eigenvalue weighted by Gasteiger charge is 1.92. The fourth-order valence-corrected chi connectivity index (χ4v) is 0.656. The molecule has 1 aliphatic heterocycles. The molecular formula is C8H11NO. The third kappa shape index (κ3) is 2.49. The molecule has 0 amide bonds. The van der Waals surface area contributed by atoms with Crippen molar-refractivity contribution in [3.05, 3.63) is 24.3 Å². The van der Waals surface area contributed by atoms with E-state index in [2.05, 4.69) is 5.16 Å². The zero-order chi connectivity index (χ0) is 7.23. The van der Waals surface area contributed by atoms with Gasteiger partial charge in [-0.1, -0.05) is 23.4 Å². The van der Waals surface area contributed by atoms with E-state index in [1.165, 1.54) is 0 Å². The Bertz CT molecular complexity index is 170. The van der Waals surface area contributed by atoms with Crippen LogP contribution in [0.1, 0.15) is 13.3 Å². The second kappa shape index (κ2) is 3.88. The summed E-state index contributed by atoms with van der Waals surface area (Å²) in [6.07, 6.45) is 10.6. The first kappa shape index (κ1) is 7.06. The van der Waals surface area contributed by atoms with Gasteiger partial charge in [-0.2, -0.15) is 0 Å². The molecule has 1 aliphatic rings. The van der Waals surface area contributed by atoms with E-state index in [4.69, 9.17) is 4.84 Å². The van der Waals surface area contributed by atoms with Crippen molar-refractivity contribution in [1.82, 2.24) is 0 Å². The minimum absolute atomic E-state index is 0.0824. The van der Waals surface area contributed by atoms with Gasteiger partial charge in [-0.3, -0.25) is 0 Å². The molecule has 0 saturated heterocycles. The smallest absolute Gasteiger partial charge is 0.143 e. The normalized spacial score (nSPS) is 24.7. The molecular weight excluding hydrogens is 126 g/mol. The quantitative estimate of drug-likeness (QED) is 0.499. The number of allylic oxidation sites excluding steroid dienone is 3. The maximum Gasteiger partial charge on any atom is 0.143 e. The number of hydrogen-bond acceptors (Lipinski definition) is 2. The van der Waals surface area contributed by atoms with Crippen molar-refractivity contribution >= 4 is 6.21 Å². The molecule has 0 saturated carbocycles. The summed E-state index contributed by atoms with van der Waals surface area (Å²) in [7, 11) is 0. The maximum absolute atomic E-state index is 5.01. The van der Waals surface area contributed by atoms with E-state index in [1.54, 1.807) is 6.21 Å². The van der Waals surface area contributed by atoms with E-state index in [9.17, 15) is 0 Å². The summed E-state index contributed by atoms with van der Waals surface area (Å²) >= 11 is 0. The van der Waals surface area contributed by atoms with Gasteiger partial charge >= 0.3 is 0 Å². The second-order valence-corrected chi connectivity index (χ2v) is 2.15. The highest BCUT2D eigenvalue weighted by molar-refractivity contribution is 5.58. The van der Waals surface area contributed by atoms with Gasteiger partial charge in [-0.15, -0.1) is 0 Å². The van der Waals surface area contributed by atoms with Crippen molar-refractivity contribution in [1.29, 1.82) is 0 Å². The van der Waals surface area contributed by atoms with Crippen LogP contribution in [0.25, 0.3) is 0 Å². The molecule has 10 heavy (non-hydrogen) atoms. The molecule has 0 fully saturated rings. The van der Waals surface area contributed by atoms with Crippen molar-refractivity contribution in [2.45, 2.75) is 19.4 Å². The lowest BCUT2D eigenvalue weighted by Gasteiger charge is -2.00. The van der Waals surface area contributed by atoms with Crippen LogP contribution in [0.15, 0.2) is 29.5 Å². The molecule has 0 aromatic carbocycles. The van der Waals surface area contributed by atoms with E-state index in [1.807, 2.05) is 31.2 Å². The number of oxime groups is 1. The van der Waals surface area contributed by atoms with Gasteiger partial charge in [0.1, 0.15) is 6.10 Å². The molecule has 54 valence electrons. The lowest BCUT2D eigenvalue weighted by molar-refractivity contribution is 0.107. The van der Waals surface area contributed by atoms with Gasteiger partial charge in [-0.25, -0.2) is 0 Å². The average molecular weight is 137 g/mol. The third-order valence-corrected chi connectivity index (χ3v) is 1.17. The first-order valence-electron chi connectivity index (χ1n) is 3.40. The zero-order valence-electron chi connectivity index (χ0n) is 6.03.